The zero-order valence-corrected chi connectivity index (χ0v) is 21.7. The smallest absolute Gasteiger partial charge is 0.249 e. The van der Waals surface area contributed by atoms with Crippen LogP contribution in [0, 0.1) is 11.8 Å². The van der Waals surface area contributed by atoms with E-state index in [1.807, 2.05) is 68.5 Å². The third-order valence-electron chi connectivity index (χ3n) is 8.17. The van der Waals surface area contributed by atoms with Gasteiger partial charge in [0.15, 0.2) is 0 Å². The van der Waals surface area contributed by atoms with E-state index in [1.165, 1.54) is 0 Å². The van der Waals surface area contributed by atoms with Gasteiger partial charge in [0, 0.05) is 38.8 Å². The van der Waals surface area contributed by atoms with Crippen molar-refractivity contribution in [3.63, 3.8) is 0 Å². The van der Waals surface area contributed by atoms with E-state index in [0.29, 0.717) is 39.0 Å². The van der Waals surface area contributed by atoms with E-state index in [2.05, 4.69) is 0 Å². The van der Waals surface area contributed by atoms with E-state index < -0.39 is 29.6 Å². The van der Waals surface area contributed by atoms with E-state index in [9.17, 15) is 19.5 Å². The minimum Gasteiger partial charge on any atom is -0.396 e. The summed E-state index contributed by atoms with van der Waals surface area (Å²) >= 11 is 0. The third-order valence-corrected chi connectivity index (χ3v) is 8.17. The first-order valence-electron chi connectivity index (χ1n) is 13.5. The number of carbonyl (C=O) groups excluding carboxylic acids is 3. The lowest BCUT2D eigenvalue weighted by Gasteiger charge is -2.36. The Morgan fingerprint density at radius 1 is 1.00 bits per heavy atom. The van der Waals surface area contributed by atoms with Gasteiger partial charge in [-0.25, -0.2) is 0 Å². The monoisotopic (exact) mass is 507 g/mol. The van der Waals surface area contributed by atoms with Crippen molar-refractivity contribution in [1.29, 1.82) is 0 Å². The Labute approximate surface area is 218 Å². The van der Waals surface area contributed by atoms with Gasteiger partial charge in [-0.3, -0.25) is 14.4 Å². The zero-order valence-electron chi connectivity index (χ0n) is 21.7. The second kappa shape index (κ2) is 10.4. The number of ether oxygens (including phenoxy) is 1. The van der Waals surface area contributed by atoms with Crippen LogP contribution in [0.15, 0.2) is 54.6 Å². The molecular formula is C29H37N3O5. The number of unbranched alkanes of at least 4 members (excludes halogenated alkanes) is 2. The van der Waals surface area contributed by atoms with Gasteiger partial charge >= 0.3 is 0 Å². The lowest BCUT2D eigenvalue weighted by Crippen LogP contribution is -2.56. The second-order valence-electron chi connectivity index (χ2n) is 10.8. The van der Waals surface area contributed by atoms with E-state index in [4.69, 9.17) is 4.74 Å². The lowest BCUT2D eigenvalue weighted by molar-refractivity contribution is -0.149. The molecule has 3 amide bonds. The molecule has 1 unspecified atom stereocenters. The highest BCUT2D eigenvalue weighted by molar-refractivity contribution is 5.99. The topological polar surface area (TPSA) is 90.4 Å². The quantitative estimate of drug-likeness (QED) is 0.430. The molecule has 198 valence electrons. The predicted molar refractivity (Wildman–Crippen MR) is 138 cm³/mol. The van der Waals surface area contributed by atoms with Crippen molar-refractivity contribution in [3.05, 3.63) is 60.2 Å². The number of amides is 3. The number of nitrogens with zero attached hydrogens (tertiary/aromatic N) is 3. The summed E-state index contributed by atoms with van der Waals surface area (Å²) in [6, 6.07) is 8.98. The average Bonchev–Trinajstić information content (AvgIpc) is 3.19. The van der Waals surface area contributed by atoms with Gasteiger partial charge in [-0.2, -0.15) is 0 Å². The van der Waals surface area contributed by atoms with Crippen LogP contribution >= 0.6 is 0 Å². The Morgan fingerprint density at radius 3 is 2.51 bits per heavy atom. The van der Waals surface area contributed by atoms with Crippen LogP contribution in [0.25, 0.3) is 0 Å². The Morgan fingerprint density at radius 2 is 1.78 bits per heavy atom. The van der Waals surface area contributed by atoms with Crippen LogP contribution in [-0.4, -0.2) is 87.6 Å². The Balaban J connectivity index is 1.51. The molecule has 5 atom stereocenters. The Bertz CT molecular complexity index is 1090. The second-order valence-corrected chi connectivity index (χ2v) is 10.8. The van der Waals surface area contributed by atoms with Crippen molar-refractivity contribution in [3.8, 4) is 0 Å². The molecule has 4 heterocycles. The maximum absolute atomic E-state index is 14.1. The summed E-state index contributed by atoms with van der Waals surface area (Å²) in [6.45, 7) is 5.76. The maximum atomic E-state index is 14.1. The number of carbonyl (C=O) groups is 3. The molecule has 8 nitrogen and oxygen atoms in total. The first kappa shape index (κ1) is 25.7. The number of rotatable bonds is 8. The molecule has 1 aromatic carbocycles. The molecule has 0 aliphatic carbocycles. The zero-order chi connectivity index (χ0) is 26.2. The van der Waals surface area contributed by atoms with Crippen LogP contribution < -0.4 is 0 Å². The van der Waals surface area contributed by atoms with Crippen LogP contribution in [0.4, 0.5) is 0 Å². The third kappa shape index (κ3) is 4.40. The van der Waals surface area contributed by atoms with Crippen LogP contribution in [0.2, 0.25) is 0 Å². The molecule has 4 aliphatic heterocycles. The molecule has 37 heavy (non-hydrogen) atoms. The highest BCUT2D eigenvalue weighted by atomic mass is 16.5. The summed E-state index contributed by atoms with van der Waals surface area (Å²) in [6.07, 6.45) is 9.17. The van der Waals surface area contributed by atoms with E-state index >= 15 is 0 Å². The number of hydrogen-bond acceptors (Lipinski definition) is 5. The Kier molecular flexibility index (Phi) is 7.23. The molecule has 2 saturated heterocycles. The molecule has 0 saturated carbocycles. The maximum Gasteiger partial charge on any atom is 0.249 e. The van der Waals surface area contributed by atoms with E-state index in [-0.39, 0.29) is 30.4 Å². The summed E-state index contributed by atoms with van der Waals surface area (Å²) < 4.78 is 6.67. The van der Waals surface area contributed by atoms with Gasteiger partial charge in [-0.05, 0) is 38.7 Å². The molecule has 0 aromatic heterocycles. The summed E-state index contributed by atoms with van der Waals surface area (Å²) in [7, 11) is 0. The minimum atomic E-state index is -1.18. The number of hydrogen-bond donors (Lipinski definition) is 1. The normalized spacial score (nSPS) is 31.0. The number of fused-ring (bicyclic) bond motifs is 2. The van der Waals surface area contributed by atoms with Gasteiger partial charge < -0.3 is 24.5 Å². The summed E-state index contributed by atoms with van der Waals surface area (Å²) in [5, 5.41) is 9.20. The summed E-state index contributed by atoms with van der Waals surface area (Å²) in [4.78, 5) is 47.3. The van der Waals surface area contributed by atoms with Gasteiger partial charge in [0.1, 0.15) is 11.6 Å². The van der Waals surface area contributed by atoms with Crippen molar-refractivity contribution in [2.24, 2.45) is 11.8 Å². The number of aliphatic hydroxyl groups is 1. The molecule has 2 fully saturated rings. The average molecular weight is 508 g/mol. The molecule has 8 heteroatoms. The molecule has 5 rings (SSSR count). The van der Waals surface area contributed by atoms with E-state index in [1.54, 1.807) is 14.7 Å². The van der Waals surface area contributed by atoms with Crippen LogP contribution in [-0.2, 0) is 25.7 Å². The van der Waals surface area contributed by atoms with E-state index in [0.717, 1.165) is 12.0 Å². The SMILES string of the molecule is CC(C)N1CC=C[C@]23O[C@H]4C=CCN(Cc5ccccc5)C(=O)[C@H]4[C@H]2C(=O)N(CCCCCO)C3C1=O. The molecule has 1 spiro atoms. The van der Waals surface area contributed by atoms with Crippen LogP contribution in [0.5, 0.6) is 0 Å². The fourth-order valence-corrected chi connectivity index (χ4v) is 6.43. The summed E-state index contributed by atoms with van der Waals surface area (Å²) in [5.41, 5.74) is -0.158. The first-order chi connectivity index (χ1) is 17.9. The van der Waals surface area contributed by atoms with Crippen LogP contribution in [0.1, 0.15) is 38.7 Å². The standard InChI is InChI=1S/C29H37N3O5/c1-20(2)31-17-10-14-29-24(27(35)32(25(29)28(31)36)16-7-4-8-18-33)23-22(37-29)13-9-15-30(26(23)34)19-21-11-5-3-6-12-21/h3,5-6,9-14,20,22-25,33H,4,7-8,15-19H2,1-2H3/t22-,23+,24-,25?,29-/m0/s1. The number of aliphatic hydroxyl groups excluding tert-OH is 1. The fraction of sp³-hybridized carbons (Fsp3) is 0.552. The van der Waals surface area contributed by atoms with Gasteiger partial charge in [-0.1, -0.05) is 54.6 Å². The molecule has 0 radical (unpaired) electrons. The predicted octanol–water partition coefficient (Wildman–Crippen LogP) is 2.14. The molecule has 4 aliphatic rings. The lowest BCUT2D eigenvalue weighted by atomic mass is 9.77. The van der Waals surface area contributed by atoms with Gasteiger partial charge in [0.25, 0.3) is 0 Å². The largest absolute Gasteiger partial charge is 0.396 e. The molecular weight excluding hydrogens is 470 g/mol. The van der Waals surface area contributed by atoms with Gasteiger partial charge in [0.05, 0.1) is 17.9 Å². The highest BCUT2D eigenvalue weighted by Crippen LogP contribution is 2.53. The highest BCUT2D eigenvalue weighted by Gasteiger charge is 2.71. The number of likely N-dealkylation sites (tertiary alicyclic amines) is 1. The van der Waals surface area contributed by atoms with Crippen molar-refractivity contribution in [1.82, 2.24) is 14.7 Å². The first-order valence-corrected chi connectivity index (χ1v) is 13.5. The molecule has 0 bridgehead atoms. The van der Waals surface area contributed by atoms with Gasteiger partial charge in [-0.15, -0.1) is 0 Å². The van der Waals surface area contributed by atoms with Crippen molar-refractivity contribution in [2.75, 3.05) is 26.2 Å². The Hall–Kier alpha value is -2.97. The van der Waals surface area contributed by atoms with Crippen LogP contribution in [0.3, 0.4) is 0 Å². The number of benzene rings is 1. The summed E-state index contributed by atoms with van der Waals surface area (Å²) in [5.74, 6) is -1.88. The minimum absolute atomic E-state index is 0.0348. The van der Waals surface area contributed by atoms with Gasteiger partial charge in [0.2, 0.25) is 17.7 Å². The van der Waals surface area contributed by atoms with Crippen molar-refractivity contribution >= 4 is 17.7 Å². The fourth-order valence-electron chi connectivity index (χ4n) is 6.43. The molecule has 1 aromatic rings. The molecule has 1 N–H and O–H groups in total. The van der Waals surface area contributed by atoms with Crippen molar-refractivity contribution < 1.29 is 24.2 Å². The van der Waals surface area contributed by atoms with Crippen molar-refractivity contribution in [2.45, 2.75) is 63.4 Å².